The molecule has 1 N–H and O–H groups in total. The van der Waals surface area contributed by atoms with Gasteiger partial charge in [0.2, 0.25) is 5.95 Å². The van der Waals surface area contributed by atoms with Crippen molar-refractivity contribution >= 4 is 11.9 Å². The molecule has 0 radical (unpaired) electrons. The van der Waals surface area contributed by atoms with Crippen molar-refractivity contribution in [3.05, 3.63) is 18.2 Å². The quantitative estimate of drug-likeness (QED) is 0.719. The number of carbonyl (C=O) groups is 1. The molecule has 14 heavy (non-hydrogen) atoms. The lowest BCUT2D eigenvalue weighted by Gasteiger charge is -2.02. The first-order valence-corrected chi connectivity index (χ1v) is 4.00. The zero-order valence-electron chi connectivity index (χ0n) is 7.66. The van der Waals surface area contributed by atoms with Gasteiger partial charge in [-0.25, -0.2) is 14.4 Å². The number of rotatable bonds is 4. The summed E-state index contributed by atoms with van der Waals surface area (Å²) in [7, 11) is 1.32. The van der Waals surface area contributed by atoms with Crippen molar-refractivity contribution in [2.45, 2.75) is 6.42 Å². The van der Waals surface area contributed by atoms with E-state index in [-0.39, 0.29) is 18.3 Å². The number of anilines is 1. The number of nitrogens with zero attached hydrogens (tertiary/aromatic N) is 2. The first-order valence-electron chi connectivity index (χ1n) is 4.00. The van der Waals surface area contributed by atoms with Gasteiger partial charge in [-0.3, -0.25) is 4.79 Å². The highest BCUT2D eigenvalue weighted by Gasteiger charge is 2.00. The van der Waals surface area contributed by atoms with E-state index in [0.29, 0.717) is 6.54 Å². The highest BCUT2D eigenvalue weighted by Crippen LogP contribution is 1.98. The highest BCUT2D eigenvalue weighted by molar-refractivity contribution is 5.69. The van der Waals surface area contributed by atoms with E-state index >= 15 is 0 Å². The van der Waals surface area contributed by atoms with Gasteiger partial charge in [-0.1, -0.05) is 0 Å². The topological polar surface area (TPSA) is 64.1 Å². The Balaban J connectivity index is 2.31. The van der Waals surface area contributed by atoms with E-state index in [4.69, 9.17) is 0 Å². The molecule has 0 aliphatic rings. The molecule has 0 aromatic carbocycles. The Labute approximate surface area is 80.3 Å². The largest absolute Gasteiger partial charge is 0.469 e. The van der Waals surface area contributed by atoms with Gasteiger partial charge in [0, 0.05) is 6.54 Å². The number of halogens is 1. The molecule has 0 spiro atoms. The lowest BCUT2D eigenvalue weighted by molar-refractivity contribution is -0.140. The third kappa shape index (κ3) is 3.34. The summed E-state index contributed by atoms with van der Waals surface area (Å²) in [5.41, 5.74) is 0. The lowest BCUT2D eigenvalue weighted by atomic mass is 10.4. The summed E-state index contributed by atoms with van der Waals surface area (Å²) in [5.74, 6) is -0.529. The fourth-order valence-electron chi connectivity index (χ4n) is 0.782. The Morgan fingerprint density at radius 2 is 2.21 bits per heavy atom. The Bertz CT molecular complexity index is 302. The predicted molar refractivity (Wildman–Crippen MR) is 47.1 cm³/mol. The Kier molecular flexibility index (Phi) is 3.78. The van der Waals surface area contributed by atoms with E-state index in [2.05, 4.69) is 20.0 Å². The molecule has 1 aromatic rings. The van der Waals surface area contributed by atoms with E-state index in [1.807, 2.05) is 0 Å². The first kappa shape index (κ1) is 10.4. The lowest BCUT2D eigenvalue weighted by Crippen LogP contribution is -2.11. The summed E-state index contributed by atoms with van der Waals surface area (Å²) in [6, 6.07) is 0. The molecule has 6 heteroatoms. The summed E-state index contributed by atoms with van der Waals surface area (Å²) in [6.07, 6.45) is 2.32. The molecule has 5 nitrogen and oxygen atoms in total. The number of carbonyl (C=O) groups excluding carboxylic acids is 1. The van der Waals surface area contributed by atoms with Crippen LogP contribution in [-0.4, -0.2) is 29.6 Å². The summed E-state index contributed by atoms with van der Waals surface area (Å²) in [6.45, 7) is 0.359. The SMILES string of the molecule is COC(=O)CCNc1ncc(F)cn1. The van der Waals surface area contributed by atoms with E-state index in [1.165, 1.54) is 7.11 Å². The third-order valence-corrected chi connectivity index (χ3v) is 1.46. The second-order valence-corrected chi connectivity index (χ2v) is 2.48. The number of aromatic nitrogens is 2. The summed E-state index contributed by atoms with van der Waals surface area (Å²) < 4.78 is 16.8. The smallest absolute Gasteiger partial charge is 0.307 e. The van der Waals surface area contributed by atoms with Gasteiger partial charge in [-0.2, -0.15) is 0 Å². The molecule has 0 saturated heterocycles. The van der Waals surface area contributed by atoms with Gasteiger partial charge in [0.25, 0.3) is 0 Å². The molecule has 0 unspecified atom stereocenters. The van der Waals surface area contributed by atoms with Gasteiger partial charge < -0.3 is 10.1 Å². The molecule has 0 aliphatic heterocycles. The van der Waals surface area contributed by atoms with Gasteiger partial charge in [-0.05, 0) is 0 Å². The fourth-order valence-corrected chi connectivity index (χ4v) is 0.782. The van der Waals surface area contributed by atoms with E-state index < -0.39 is 5.82 Å². The normalized spacial score (nSPS) is 9.57. The average molecular weight is 199 g/mol. The fraction of sp³-hybridized carbons (Fsp3) is 0.375. The van der Waals surface area contributed by atoms with Crippen LogP contribution >= 0.6 is 0 Å². The number of nitrogens with one attached hydrogen (secondary N) is 1. The van der Waals surface area contributed by atoms with Crippen LogP contribution < -0.4 is 5.32 Å². The van der Waals surface area contributed by atoms with Crippen molar-refractivity contribution in [2.75, 3.05) is 19.0 Å². The maximum Gasteiger partial charge on any atom is 0.307 e. The van der Waals surface area contributed by atoms with Crippen LogP contribution in [0.25, 0.3) is 0 Å². The molecule has 0 bridgehead atoms. The van der Waals surface area contributed by atoms with Crippen molar-refractivity contribution < 1.29 is 13.9 Å². The standard InChI is InChI=1S/C8H10FN3O2/c1-14-7(13)2-3-10-8-11-4-6(9)5-12-8/h4-5H,2-3H2,1H3,(H,10,11,12). The Morgan fingerprint density at radius 1 is 1.57 bits per heavy atom. The van der Waals surface area contributed by atoms with Crippen LogP contribution in [0.1, 0.15) is 6.42 Å². The summed E-state index contributed by atoms with van der Waals surface area (Å²) >= 11 is 0. The second-order valence-electron chi connectivity index (χ2n) is 2.48. The van der Waals surface area contributed by atoms with Crippen LogP contribution in [0.4, 0.5) is 10.3 Å². The molecular weight excluding hydrogens is 189 g/mol. The van der Waals surface area contributed by atoms with E-state index in [0.717, 1.165) is 12.4 Å². The van der Waals surface area contributed by atoms with Crippen molar-refractivity contribution in [1.29, 1.82) is 0 Å². The van der Waals surface area contributed by atoms with Crippen LogP contribution in [0, 0.1) is 5.82 Å². The van der Waals surface area contributed by atoms with Crippen LogP contribution in [0.15, 0.2) is 12.4 Å². The molecule has 76 valence electrons. The molecule has 0 saturated carbocycles. The number of ether oxygens (including phenoxy) is 1. The Hall–Kier alpha value is -1.72. The van der Waals surface area contributed by atoms with E-state index in [9.17, 15) is 9.18 Å². The van der Waals surface area contributed by atoms with Crippen molar-refractivity contribution in [3.8, 4) is 0 Å². The third-order valence-electron chi connectivity index (χ3n) is 1.46. The number of hydrogen-bond acceptors (Lipinski definition) is 5. The minimum Gasteiger partial charge on any atom is -0.469 e. The molecule has 0 fully saturated rings. The summed E-state index contributed by atoms with van der Waals surface area (Å²) in [5, 5.41) is 2.75. The van der Waals surface area contributed by atoms with Crippen molar-refractivity contribution in [3.63, 3.8) is 0 Å². The van der Waals surface area contributed by atoms with Crippen molar-refractivity contribution in [2.24, 2.45) is 0 Å². The molecule has 0 amide bonds. The molecule has 1 heterocycles. The van der Waals surface area contributed by atoms with Crippen LogP contribution in [0.5, 0.6) is 0 Å². The molecular formula is C8H10FN3O2. The maximum absolute atomic E-state index is 12.4. The van der Waals surface area contributed by atoms with Crippen LogP contribution in [0.3, 0.4) is 0 Å². The van der Waals surface area contributed by atoms with Gasteiger partial charge in [-0.15, -0.1) is 0 Å². The maximum atomic E-state index is 12.4. The minimum atomic E-state index is -0.497. The minimum absolute atomic E-state index is 0.219. The zero-order chi connectivity index (χ0) is 10.4. The monoisotopic (exact) mass is 199 g/mol. The molecule has 1 rings (SSSR count). The molecule has 0 aliphatic carbocycles. The van der Waals surface area contributed by atoms with Gasteiger partial charge in [0.15, 0.2) is 5.82 Å². The molecule has 0 atom stereocenters. The predicted octanol–water partition coefficient (Wildman–Crippen LogP) is 0.591. The highest BCUT2D eigenvalue weighted by atomic mass is 19.1. The molecule has 1 aromatic heterocycles. The van der Waals surface area contributed by atoms with Gasteiger partial charge in [0.05, 0.1) is 25.9 Å². The van der Waals surface area contributed by atoms with Crippen LogP contribution in [0.2, 0.25) is 0 Å². The first-order chi connectivity index (χ1) is 6.72. The summed E-state index contributed by atoms with van der Waals surface area (Å²) in [4.78, 5) is 18.0. The van der Waals surface area contributed by atoms with Crippen molar-refractivity contribution in [1.82, 2.24) is 9.97 Å². The zero-order valence-corrected chi connectivity index (χ0v) is 7.66. The van der Waals surface area contributed by atoms with Crippen LogP contribution in [-0.2, 0) is 9.53 Å². The van der Waals surface area contributed by atoms with E-state index in [1.54, 1.807) is 0 Å². The Morgan fingerprint density at radius 3 is 2.79 bits per heavy atom. The van der Waals surface area contributed by atoms with Gasteiger partial charge in [0.1, 0.15) is 0 Å². The number of esters is 1. The second kappa shape index (κ2) is 5.11. The number of hydrogen-bond donors (Lipinski definition) is 1. The average Bonchev–Trinajstić information content (AvgIpc) is 2.21. The van der Waals surface area contributed by atoms with Gasteiger partial charge >= 0.3 is 5.97 Å². The number of methoxy groups -OCH3 is 1.